The standard InChI is InChI=1S/C25H29N9O2/c1-15-12-33(21-18-4-8-26-34(18)14-17(28-21)16-11-27-32(3)13-16)9-7-25(15)10-19(25)29-22(35)20-30-23(36-31-20)24(2)5-6-24/h4,8,11,13-15,19H,5-7,9-10,12H2,1-3H3,(H,29,35)/t15-,19?,25?/m1/s1. The molecule has 1 aliphatic heterocycles. The molecule has 4 aromatic rings. The lowest BCUT2D eigenvalue weighted by molar-refractivity contribution is 0.0925. The molecular formula is C25H29N9O2. The van der Waals surface area contributed by atoms with E-state index in [1.807, 2.05) is 42.4 Å². The second kappa shape index (κ2) is 7.37. The van der Waals surface area contributed by atoms with E-state index in [-0.39, 0.29) is 28.6 Å². The molecule has 1 amide bonds. The van der Waals surface area contributed by atoms with Crippen LogP contribution in [0.15, 0.2) is 35.4 Å². The van der Waals surface area contributed by atoms with Gasteiger partial charge in [-0.1, -0.05) is 19.0 Å². The third-order valence-corrected chi connectivity index (χ3v) is 8.56. The number of nitrogens with zero attached hydrogens (tertiary/aromatic N) is 8. The van der Waals surface area contributed by atoms with Crippen molar-refractivity contribution in [1.29, 1.82) is 0 Å². The van der Waals surface area contributed by atoms with Gasteiger partial charge in [-0.15, -0.1) is 0 Å². The third-order valence-electron chi connectivity index (χ3n) is 8.56. The zero-order chi connectivity index (χ0) is 24.7. The van der Waals surface area contributed by atoms with Crippen molar-refractivity contribution >= 4 is 17.2 Å². The van der Waals surface area contributed by atoms with Crippen molar-refractivity contribution in [2.45, 2.75) is 51.0 Å². The van der Waals surface area contributed by atoms with Gasteiger partial charge in [0.2, 0.25) is 5.89 Å². The first kappa shape index (κ1) is 21.5. The fourth-order valence-electron chi connectivity index (χ4n) is 5.74. The third kappa shape index (κ3) is 3.32. The lowest BCUT2D eigenvalue weighted by Gasteiger charge is -2.39. The summed E-state index contributed by atoms with van der Waals surface area (Å²) in [5.74, 6) is 1.80. The summed E-state index contributed by atoms with van der Waals surface area (Å²) in [6.45, 7) is 6.09. The number of hydrogen-bond donors (Lipinski definition) is 1. The minimum absolute atomic E-state index is 0.0447. The van der Waals surface area contributed by atoms with Gasteiger partial charge in [-0.25, -0.2) is 9.50 Å². The first-order valence-electron chi connectivity index (χ1n) is 12.6. The van der Waals surface area contributed by atoms with E-state index in [0.717, 1.165) is 61.4 Å². The summed E-state index contributed by atoms with van der Waals surface area (Å²) in [4.78, 5) is 24.6. The molecule has 1 saturated heterocycles. The first-order valence-corrected chi connectivity index (χ1v) is 12.6. The molecule has 2 aliphatic carbocycles. The van der Waals surface area contributed by atoms with Gasteiger partial charge >= 0.3 is 0 Å². The molecule has 5 heterocycles. The SMILES string of the molecule is C[C@@H]1CN(c2nc(-c3cnn(C)c3)cn3nccc23)CCC12CC2NC(=O)c1noc(C2(C)CC2)n1. The molecule has 11 nitrogen and oxygen atoms in total. The van der Waals surface area contributed by atoms with Gasteiger partial charge in [0, 0.05) is 43.4 Å². The Morgan fingerprint density at radius 3 is 2.81 bits per heavy atom. The number of carbonyl (C=O) groups is 1. The number of aromatic nitrogens is 7. The summed E-state index contributed by atoms with van der Waals surface area (Å²) in [6.07, 6.45) is 11.6. The van der Waals surface area contributed by atoms with Gasteiger partial charge < -0.3 is 14.7 Å². The molecule has 36 heavy (non-hydrogen) atoms. The summed E-state index contributed by atoms with van der Waals surface area (Å²) >= 11 is 0. The maximum absolute atomic E-state index is 12.8. The maximum atomic E-state index is 12.8. The number of rotatable bonds is 5. The van der Waals surface area contributed by atoms with Crippen LogP contribution in [0.2, 0.25) is 0 Å². The predicted molar refractivity (Wildman–Crippen MR) is 130 cm³/mol. The van der Waals surface area contributed by atoms with Crippen molar-refractivity contribution in [3.63, 3.8) is 0 Å². The maximum Gasteiger partial charge on any atom is 0.292 e. The summed E-state index contributed by atoms with van der Waals surface area (Å²) in [7, 11) is 1.90. The van der Waals surface area contributed by atoms with Gasteiger partial charge in [0.15, 0.2) is 5.82 Å². The van der Waals surface area contributed by atoms with Crippen molar-refractivity contribution in [2.24, 2.45) is 18.4 Å². The van der Waals surface area contributed by atoms with Crippen LogP contribution < -0.4 is 10.2 Å². The van der Waals surface area contributed by atoms with Gasteiger partial charge in [0.05, 0.1) is 24.3 Å². The van der Waals surface area contributed by atoms with Crippen LogP contribution in [0.5, 0.6) is 0 Å². The molecule has 2 unspecified atom stereocenters. The number of amides is 1. The van der Waals surface area contributed by atoms with E-state index in [1.54, 1.807) is 4.68 Å². The Labute approximate surface area is 207 Å². The lowest BCUT2D eigenvalue weighted by Crippen LogP contribution is -2.44. The summed E-state index contributed by atoms with van der Waals surface area (Å²) in [5.41, 5.74) is 2.85. The molecule has 3 fully saturated rings. The summed E-state index contributed by atoms with van der Waals surface area (Å²) in [6, 6.07) is 2.14. The molecular weight excluding hydrogens is 458 g/mol. The monoisotopic (exact) mass is 487 g/mol. The molecule has 0 radical (unpaired) electrons. The van der Waals surface area contributed by atoms with Crippen molar-refractivity contribution in [3.05, 3.63) is 42.6 Å². The van der Waals surface area contributed by atoms with Crippen LogP contribution in [0.1, 0.15) is 56.0 Å². The molecule has 7 rings (SSSR count). The van der Waals surface area contributed by atoms with E-state index in [4.69, 9.17) is 9.51 Å². The van der Waals surface area contributed by atoms with E-state index >= 15 is 0 Å². The van der Waals surface area contributed by atoms with Crippen LogP contribution >= 0.6 is 0 Å². The van der Waals surface area contributed by atoms with Crippen LogP contribution in [-0.2, 0) is 12.5 Å². The number of fused-ring (bicyclic) bond motifs is 1. The lowest BCUT2D eigenvalue weighted by atomic mass is 9.82. The van der Waals surface area contributed by atoms with E-state index in [0.29, 0.717) is 11.8 Å². The molecule has 1 spiro atoms. The van der Waals surface area contributed by atoms with Crippen molar-refractivity contribution < 1.29 is 9.32 Å². The molecule has 4 aromatic heterocycles. The second-order valence-corrected chi connectivity index (χ2v) is 11.1. The second-order valence-electron chi connectivity index (χ2n) is 11.1. The molecule has 11 heteroatoms. The fraction of sp³-hybridized carbons (Fsp3) is 0.520. The Hall–Kier alpha value is -3.76. The van der Waals surface area contributed by atoms with E-state index in [9.17, 15) is 4.79 Å². The Morgan fingerprint density at radius 2 is 2.06 bits per heavy atom. The Kier molecular flexibility index (Phi) is 4.41. The van der Waals surface area contributed by atoms with E-state index < -0.39 is 0 Å². The number of aryl methyl sites for hydroxylation is 1. The Balaban J connectivity index is 1.07. The van der Waals surface area contributed by atoms with Gasteiger partial charge in [0.25, 0.3) is 11.7 Å². The average molecular weight is 488 g/mol. The Bertz CT molecular complexity index is 1480. The molecule has 186 valence electrons. The number of piperidine rings is 1. The highest BCUT2D eigenvalue weighted by atomic mass is 16.5. The average Bonchev–Trinajstić information content (AvgIpc) is 3.45. The van der Waals surface area contributed by atoms with Crippen LogP contribution in [0.4, 0.5) is 5.82 Å². The zero-order valence-corrected chi connectivity index (χ0v) is 20.7. The molecule has 3 atom stereocenters. The number of nitrogens with one attached hydrogen (secondary N) is 1. The highest BCUT2D eigenvalue weighted by Crippen LogP contribution is 2.57. The van der Waals surface area contributed by atoms with Gasteiger partial charge in [-0.3, -0.25) is 9.48 Å². The van der Waals surface area contributed by atoms with Crippen LogP contribution in [0.25, 0.3) is 16.8 Å². The first-order chi connectivity index (χ1) is 17.3. The normalized spacial score (nSPS) is 26.5. The quantitative estimate of drug-likeness (QED) is 0.456. The summed E-state index contributed by atoms with van der Waals surface area (Å²) < 4.78 is 9.03. The number of hydrogen-bond acceptors (Lipinski definition) is 8. The summed E-state index contributed by atoms with van der Waals surface area (Å²) in [5, 5.41) is 15.9. The largest absolute Gasteiger partial charge is 0.354 e. The molecule has 2 saturated carbocycles. The molecule has 1 N–H and O–H groups in total. The molecule has 0 aromatic carbocycles. The molecule has 3 aliphatic rings. The van der Waals surface area contributed by atoms with E-state index in [2.05, 4.69) is 44.4 Å². The van der Waals surface area contributed by atoms with Crippen molar-refractivity contribution in [1.82, 2.24) is 39.8 Å². The fourth-order valence-corrected chi connectivity index (χ4v) is 5.74. The highest BCUT2D eigenvalue weighted by molar-refractivity contribution is 5.90. The van der Waals surface area contributed by atoms with Crippen LogP contribution in [0.3, 0.4) is 0 Å². The van der Waals surface area contributed by atoms with Gasteiger partial charge in [-0.05, 0) is 43.1 Å². The minimum atomic E-state index is -0.238. The molecule has 0 bridgehead atoms. The predicted octanol–water partition coefficient (Wildman–Crippen LogP) is 2.60. The van der Waals surface area contributed by atoms with Gasteiger partial charge in [0.1, 0.15) is 5.52 Å². The van der Waals surface area contributed by atoms with Gasteiger partial charge in [-0.2, -0.15) is 15.2 Å². The van der Waals surface area contributed by atoms with Crippen molar-refractivity contribution in [2.75, 3.05) is 18.0 Å². The topological polar surface area (TPSA) is 119 Å². The zero-order valence-electron chi connectivity index (χ0n) is 20.7. The van der Waals surface area contributed by atoms with Crippen molar-refractivity contribution in [3.8, 4) is 11.3 Å². The van der Waals surface area contributed by atoms with Crippen LogP contribution in [0, 0.1) is 11.3 Å². The number of carbonyl (C=O) groups excluding carboxylic acids is 1. The highest BCUT2D eigenvalue weighted by Gasteiger charge is 2.60. The minimum Gasteiger partial charge on any atom is -0.354 e. The van der Waals surface area contributed by atoms with Crippen LogP contribution in [-0.4, -0.2) is 59.6 Å². The smallest absolute Gasteiger partial charge is 0.292 e. The Morgan fingerprint density at radius 1 is 1.19 bits per heavy atom. The number of anilines is 1. The van der Waals surface area contributed by atoms with E-state index in [1.165, 1.54) is 0 Å².